The minimum Gasteiger partial charge on any atom is -0.379 e. The van der Waals surface area contributed by atoms with Crippen molar-refractivity contribution >= 4 is 5.91 Å². The van der Waals surface area contributed by atoms with Crippen molar-refractivity contribution in [2.24, 2.45) is 0 Å². The molecule has 0 saturated carbocycles. The van der Waals surface area contributed by atoms with Crippen LogP contribution in [0.25, 0.3) is 5.69 Å². The van der Waals surface area contributed by atoms with Crippen LogP contribution in [-0.4, -0.2) is 42.9 Å². The molecule has 1 aromatic carbocycles. The van der Waals surface area contributed by atoms with Crippen LogP contribution in [0.15, 0.2) is 35.3 Å². The summed E-state index contributed by atoms with van der Waals surface area (Å²) >= 11 is 0. The maximum Gasteiger partial charge on any atom is 0.268 e. The van der Waals surface area contributed by atoms with Gasteiger partial charge in [-0.05, 0) is 61.4 Å². The third-order valence-electron chi connectivity index (χ3n) is 5.83. The van der Waals surface area contributed by atoms with Gasteiger partial charge in [0.1, 0.15) is 11.7 Å². The first kappa shape index (κ1) is 18.9. The second kappa shape index (κ2) is 7.89. The fourth-order valence-corrected chi connectivity index (χ4v) is 4.27. The molecule has 1 amide bonds. The molecule has 4 rings (SSSR count). The summed E-state index contributed by atoms with van der Waals surface area (Å²) in [7, 11) is 1.61. The number of nitrogens with one attached hydrogen (secondary N) is 1. The number of aromatic nitrogens is 1. The van der Waals surface area contributed by atoms with E-state index in [9.17, 15) is 9.59 Å². The Morgan fingerprint density at radius 2 is 2.14 bits per heavy atom. The zero-order chi connectivity index (χ0) is 19.7. The SMILES string of the molecule is CO[C@H]1COCC[C@@H]1NC(=O)c1c(C)ccn(-c2cccc3c2CCC3)c1=O. The Morgan fingerprint density at radius 1 is 1.29 bits per heavy atom. The van der Waals surface area contributed by atoms with Crippen LogP contribution in [0.2, 0.25) is 0 Å². The Balaban J connectivity index is 1.69. The molecular formula is C22H26N2O4. The topological polar surface area (TPSA) is 69.6 Å². The van der Waals surface area contributed by atoms with Gasteiger partial charge in [0.2, 0.25) is 0 Å². The zero-order valence-electron chi connectivity index (χ0n) is 16.4. The molecule has 1 aromatic heterocycles. The molecule has 28 heavy (non-hydrogen) atoms. The second-order valence-corrected chi connectivity index (χ2v) is 7.53. The molecule has 1 aliphatic carbocycles. The molecule has 0 unspecified atom stereocenters. The van der Waals surface area contributed by atoms with E-state index in [2.05, 4.69) is 11.4 Å². The van der Waals surface area contributed by atoms with Crippen molar-refractivity contribution < 1.29 is 14.3 Å². The molecule has 6 heteroatoms. The van der Waals surface area contributed by atoms with E-state index in [4.69, 9.17) is 9.47 Å². The lowest BCUT2D eigenvalue weighted by molar-refractivity contribution is -0.0479. The van der Waals surface area contributed by atoms with Gasteiger partial charge in [-0.1, -0.05) is 12.1 Å². The number of methoxy groups -OCH3 is 1. The quantitative estimate of drug-likeness (QED) is 0.880. The number of rotatable bonds is 4. The van der Waals surface area contributed by atoms with E-state index in [-0.39, 0.29) is 29.2 Å². The van der Waals surface area contributed by atoms with Crippen LogP contribution >= 0.6 is 0 Å². The number of hydrogen-bond acceptors (Lipinski definition) is 4. The summed E-state index contributed by atoms with van der Waals surface area (Å²) < 4.78 is 12.5. The lowest BCUT2D eigenvalue weighted by atomic mass is 10.0. The van der Waals surface area contributed by atoms with Crippen molar-refractivity contribution in [3.05, 3.63) is 63.1 Å². The molecule has 1 N–H and O–H groups in total. The number of aryl methyl sites for hydroxylation is 2. The Hall–Kier alpha value is -2.44. The van der Waals surface area contributed by atoms with Crippen LogP contribution in [0.5, 0.6) is 0 Å². The van der Waals surface area contributed by atoms with Gasteiger partial charge in [-0.15, -0.1) is 0 Å². The minimum absolute atomic E-state index is 0.167. The lowest BCUT2D eigenvalue weighted by Crippen LogP contribution is -2.50. The van der Waals surface area contributed by atoms with Crippen LogP contribution in [0.1, 0.15) is 39.9 Å². The number of hydrogen-bond donors (Lipinski definition) is 1. The monoisotopic (exact) mass is 382 g/mol. The molecule has 2 aromatic rings. The number of carbonyl (C=O) groups excluding carboxylic acids is 1. The van der Waals surface area contributed by atoms with Gasteiger partial charge in [0.25, 0.3) is 11.5 Å². The molecule has 0 bridgehead atoms. The van der Waals surface area contributed by atoms with Gasteiger partial charge in [-0.25, -0.2) is 0 Å². The molecule has 0 spiro atoms. The van der Waals surface area contributed by atoms with E-state index in [1.807, 2.05) is 18.2 Å². The molecular weight excluding hydrogens is 356 g/mol. The second-order valence-electron chi connectivity index (χ2n) is 7.53. The third-order valence-corrected chi connectivity index (χ3v) is 5.83. The van der Waals surface area contributed by atoms with Crippen LogP contribution in [0, 0.1) is 6.92 Å². The Kier molecular flexibility index (Phi) is 5.33. The predicted molar refractivity (Wildman–Crippen MR) is 106 cm³/mol. The molecule has 2 atom stereocenters. The number of fused-ring (bicyclic) bond motifs is 1. The van der Waals surface area contributed by atoms with Crippen molar-refractivity contribution in [2.45, 2.75) is 44.8 Å². The fourth-order valence-electron chi connectivity index (χ4n) is 4.27. The highest BCUT2D eigenvalue weighted by Gasteiger charge is 2.29. The fraction of sp³-hybridized carbons (Fsp3) is 0.455. The Labute approximate surface area is 164 Å². The number of carbonyl (C=O) groups is 1. The number of benzene rings is 1. The van der Waals surface area contributed by atoms with E-state index >= 15 is 0 Å². The molecule has 0 radical (unpaired) electrons. The summed E-state index contributed by atoms with van der Waals surface area (Å²) in [4.78, 5) is 26.3. The van der Waals surface area contributed by atoms with Crippen LogP contribution in [-0.2, 0) is 22.3 Å². The van der Waals surface area contributed by atoms with Gasteiger partial charge < -0.3 is 14.8 Å². The van der Waals surface area contributed by atoms with E-state index in [0.717, 1.165) is 24.9 Å². The molecule has 1 fully saturated rings. The molecule has 1 aliphatic heterocycles. The first-order valence-corrected chi connectivity index (χ1v) is 9.85. The van der Waals surface area contributed by atoms with Gasteiger partial charge in [0.15, 0.2) is 0 Å². The number of ether oxygens (including phenoxy) is 2. The van der Waals surface area contributed by atoms with E-state index in [1.54, 1.807) is 24.8 Å². The van der Waals surface area contributed by atoms with Gasteiger partial charge in [-0.3, -0.25) is 14.2 Å². The number of pyridine rings is 1. The van der Waals surface area contributed by atoms with E-state index in [1.165, 1.54) is 11.1 Å². The molecule has 6 nitrogen and oxygen atoms in total. The van der Waals surface area contributed by atoms with Gasteiger partial charge in [0.05, 0.1) is 18.3 Å². The predicted octanol–water partition coefficient (Wildman–Crippen LogP) is 2.17. The highest BCUT2D eigenvalue weighted by molar-refractivity contribution is 5.95. The van der Waals surface area contributed by atoms with Crippen molar-refractivity contribution in [1.29, 1.82) is 0 Å². The van der Waals surface area contributed by atoms with E-state index < -0.39 is 0 Å². The van der Waals surface area contributed by atoms with E-state index in [0.29, 0.717) is 25.2 Å². The lowest BCUT2D eigenvalue weighted by Gasteiger charge is -2.31. The molecule has 1 saturated heterocycles. The standard InChI is InChI=1S/C22H26N2O4/c1-14-9-11-24(18-8-4-6-15-5-3-7-16(15)18)22(26)20(14)21(25)23-17-10-12-28-13-19(17)27-2/h4,6,8-9,11,17,19H,3,5,7,10,12-13H2,1-2H3,(H,23,25)/t17-,19-/m0/s1. The normalized spacial score (nSPS) is 21.4. The van der Waals surface area contributed by atoms with Crippen LogP contribution in [0.3, 0.4) is 0 Å². The summed E-state index contributed by atoms with van der Waals surface area (Å²) in [6, 6.07) is 7.73. The zero-order valence-corrected chi connectivity index (χ0v) is 16.4. The summed E-state index contributed by atoms with van der Waals surface area (Å²) in [5, 5.41) is 2.99. The highest BCUT2D eigenvalue weighted by Crippen LogP contribution is 2.27. The summed E-state index contributed by atoms with van der Waals surface area (Å²) in [6.45, 7) is 2.81. The molecule has 148 valence electrons. The number of amides is 1. The maximum atomic E-state index is 13.3. The van der Waals surface area contributed by atoms with Crippen LogP contribution < -0.4 is 10.9 Å². The minimum atomic E-state index is -0.349. The van der Waals surface area contributed by atoms with Crippen molar-refractivity contribution in [3.8, 4) is 5.69 Å². The van der Waals surface area contributed by atoms with Crippen LogP contribution in [0.4, 0.5) is 0 Å². The van der Waals surface area contributed by atoms with Crippen molar-refractivity contribution in [2.75, 3.05) is 20.3 Å². The van der Waals surface area contributed by atoms with Crippen molar-refractivity contribution in [1.82, 2.24) is 9.88 Å². The third kappa shape index (κ3) is 3.38. The summed E-state index contributed by atoms with van der Waals surface area (Å²) in [6.07, 6.45) is 5.33. The smallest absolute Gasteiger partial charge is 0.268 e. The Bertz CT molecular complexity index is 950. The average molecular weight is 382 g/mol. The highest BCUT2D eigenvalue weighted by atomic mass is 16.5. The summed E-state index contributed by atoms with van der Waals surface area (Å²) in [5.41, 5.74) is 3.98. The Morgan fingerprint density at radius 3 is 2.96 bits per heavy atom. The first-order valence-electron chi connectivity index (χ1n) is 9.85. The maximum absolute atomic E-state index is 13.3. The first-order chi connectivity index (χ1) is 13.6. The largest absolute Gasteiger partial charge is 0.379 e. The van der Waals surface area contributed by atoms with Gasteiger partial charge in [-0.2, -0.15) is 0 Å². The number of nitrogens with zero attached hydrogens (tertiary/aromatic N) is 1. The van der Waals surface area contributed by atoms with Gasteiger partial charge >= 0.3 is 0 Å². The summed E-state index contributed by atoms with van der Waals surface area (Å²) in [5.74, 6) is -0.349. The van der Waals surface area contributed by atoms with Crippen molar-refractivity contribution in [3.63, 3.8) is 0 Å². The average Bonchev–Trinajstić information content (AvgIpc) is 3.18. The molecule has 2 aliphatic rings. The van der Waals surface area contributed by atoms with Gasteiger partial charge in [0, 0.05) is 19.9 Å². The molecule has 2 heterocycles.